The van der Waals surface area contributed by atoms with Crippen molar-refractivity contribution in [2.45, 2.75) is 25.9 Å². The number of aliphatic hydroxyl groups is 1. The number of amides is 1. The second-order valence-electron chi connectivity index (χ2n) is 6.82. The fraction of sp³-hybridized carbons (Fsp3) is 0.611. The van der Waals surface area contributed by atoms with Gasteiger partial charge in [-0.25, -0.2) is 0 Å². The van der Waals surface area contributed by atoms with Gasteiger partial charge in [0.05, 0.1) is 26.2 Å². The van der Waals surface area contributed by atoms with Gasteiger partial charge < -0.3 is 19.5 Å². The Bertz CT molecular complexity index is 561. The molecule has 1 aliphatic heterocycles. The lowest BCUT2D eigenvalue weighted by Crippen LogP contribution is -2.52. The SMILES string of the molecule is COc1ccc(CC(=O)N2CCN(CC(C)(C)O)CC2)c(OC)c1. The van der Waals surface area contributed by atoms with E-state index in [0.717, 1.165) is 18.7 Å². The predicted octanol–water partition coefficient (Wildman–Crippen LogP) is 1.16. The van der Waals surface area contributed by atoms with E-state index in [0.29, 0.717) is 37.6 Å². The highest BCUT2D eigenvalue weighted by molar-refractivity contribution is 5.79. The van der Waals surface area contributed by atoms with E-state index in [9.17, 15) is 9.90 Å². The smallest absolute Gasteiger partial charge is 0.227 e. The summed E-state index contributed by atoms with van der Waals surface area (Å²) in [6, 6.07) is 5.51. The van der Waals surface area contributed by atoms with Gasteiger partial charge in [-0.1, -0.05) is 6.07 Å². The minimum absolute atomic E-state index is 0.0985. The molecule has 0 unspecified atom stereocenters. The van der Waals surface area contributed by atoms with Crippen molar-refractivity contribution in [3.05, 3.63) is 23.8 Å². The number of nitrogens with zero attached hydrogens (tertiary/aromatic N) is 2. The van der Waals surface area contributed by atoms with Gasteiger partial charge in [-0.15, -0.1) is 0 Å². The highest BCUT2D eigenvalue weighted by atomic mass is 16.5. The molecule has 1 aromatic rings. The standard InChI is InChI=1S/C18H28N2O4/c1-18(2,22)13-19-7-9-20(10-8-19)17(21)11-14-5-6-15(23-3)12-16(14)24-4/h5-6,12,22H,7-11,13H2,1-4H3. The number of methoxy groups -OCH3 is 2. The zero-order valence-corrected chi connectivity index (χ0v) is 15.0. The molecule has 0 spiro atoms. The molecular formula is C18H28N2O4. The summed E-state index contributed by atoms with van der Waals surface area (Å²) in [6.45, 7) is 7.19. The predicted molar refractivity (Wildman–Crippen MR) is 92.6 cm³/mol. The van der Waals surface area contributed by atoms with E-state index in [1.54, 1.807) is 34.1 Å². The second-order valence-corrected chi connectivity index (χ2v) is 6.82. The molecule has 1 amide bonds. The largest absolute Gasteiger partial charge is 0.497 e. The van der Waals surface area contributed by atoms with Gasteiger partial charge in [0, 0.05) is 44.4 Å². The summed E-state index contributed by atoms with van der Waals surface area (Å²) < 4.78 is 10.5. The van der Waals surface area contributed by atoms with Crippen molar-refractivity contribution in [1.29, 1.82) is 0 Å². The van der Waals surface area contributed by atoms with E-state index >= 15 is 0 Å². The molecular weight excluding hydrogens is 308 g/mol. The summed E-state index contributed by atoms with van der Waals surface area (Å²) in [7, 11) is 3.20. The zero-order valence-electron chi connectivity index (χ0n) is 15.0. The monoisotopic (exact) mass is 336 g/mol. The molecule has 1 aliphatic rings. The Balaban J connectivity index is 1.92. The first kappa shape index (κ1) is 18.5. The Kier molecular flexibility index (Phi) is 6.07. The molecule has 0 saturated carbocycles. The van der Waals surface area contributed by atoms with Crippen LogP contribution >= 0.6 is 0 Å². The molecule has 1 saturated heterocycles. The molecule has 0 atom stereocenters. The molecule has 0 bridgehead atoms. The molecule has 6 heteroatoms. The van der Waals surface area contributed by atoms with Crippen LogP contribution in [0.1, 0.15) is 19.4 Å². The molecule has 0 radical (unpaired) electrons. The third-order valence-corrected chi connectivity index (χ3v) is 4.17. The Morgan fingerprint density at radius 1 is 1.17 bits per heavy atom. The van der Waals surface area contributed by atoms with Crippen LogP contribution < -0.4 is 9.47 Å². The first-order chi connectivity index (χ1) is 11.3. The fourth-order valence-corrected chi connectivity index (χ4v) is 2.98. The Labute approximate surface area is 144 Å². The lowest BCUT2D eigenvalue weighted by molar-refractivity contribution is -0.132. The first-order valence-electron chi connectivity index (χ1n) is 8.26. The molecule has 24 heavy (non-hydrogen) atoms. The highest BCUT2D eigenvalue weighted by Gasteiger charge is 2.25. The average Bonchev–Trinajstić information content (AvgIpc) is 2.54. The molecule has 1 aromatic carbocycles. The number of carbonyl (C=O) groups excluding carboxylic acids is 1. The minimum atomic E-state index is -0.706. The van der Waals surface area contributed by atoms with Crippen molar-refractivity contribution in [2.75, 3.05) is 46.9 Å². The number of β-amino-alcohol motifs (C(OH)–C–C–N with tert-alkyl or cyclic N) is 1. The van der Waals surface area contributed by atoms with Crippen LogP contribution in [0.25, 0.3) is 0 Å². The number of carbonyl (C=O) groups is 1. The number of hydrogen-bond acceptors (Lipinski definition) is 5. The van der Waals surface area contributed by atoms with Gasteiger partial charge in [0.25, 0.3) is 0 Å². The van der Waals surface area contributed by atoms with Crippen LogP contribution in [-0.2, 0) is 11.2 Å². The van der Waals surface area contributed by atoms with E-state index < -0.39 is 5.60 Å². The molecule has 0 aliphatic carbocycles. The van der Waals surface area contributed by atoms with Crippen LogP contribution in [0.15, 0.2) is 18.2 Å². The van der Waals surface area contributed by atoms with Crippen molar-refractivity contribution in [2.24, 2.45) is 0 Å². The van der Waals surface area contributed by atoms with Crippen molar-refractivity contribution in [1.82, 2.24) is 9.80 Å². The Morgan fingerprint density at radius 2 is 1.83 bits per heavy atom. The van der Waals surface area contributed by atoms with Crippen LogP contribution in [0, 0.1) is 0 Å². The number of piperazine rings is 1. The van der Waals surface area contributed by atoms with Crippen molar-refractivity contribution in [3.63, 3.8) is 0 Å². The lowest BCUT2D eigenvalue weighted by atomic mass is 10.1. The third-order valence-electron chi connectivity index (χ3n) is 4.17. The van der Waals surface area contributed by atoms with Crippen LogP contribution in [0.4, 0.5) is 0 Å². The zero-order chi connectivity index (χ0) is 17.7. The van der Waals surface area contributed by atoms with Gasteiger partial charge in [0.1, 0.15) is 11.5 Å². The quantitative estimate of drug-likeness (QED) is 0.845. The van der Waals surface area contributed by atoms with Crippen molar-refractivity contribution in [3.8, 4) is 11.5 Å². The van der Waals surface area contributed by atoms with Crippen LogP contribution in [0.5, 0.6) is 11.5 Å². The fourth-order valence-electron chi connectivity index (χ4n) is 2.98. The average molecular weight is 336 g/mol. The molecule has 2 rings (SSSR count). The Hall–Kier alpha value is -1.79. The van der Waals surface area contributed by atoms with E-state index in [1.807, 2.05) is 17.0 Å². The van der Waals surface area contributed by atoms with Gasteiger partial charge in [0.15, 0.2) is 0 Å². The maximum atomic E-state index is 12.6. The van der Waals surface area contributed by atoms with E-state index in [4.69, 9.17) is 9.47 Å². The molecule has 1 N–H and O–H groups in total. The van der Waals surface area contributed by atoms with Crippen LogP contribution in [0.2, 0.25) is 0 Å². The molecule has 1 heterocycles. The maximum Gasteiger partial charge on any atom is 0.227 e. The van der Waals surface area contributed by atoms with Crippen molar-refractivity contribution >= 4 is 5.91 Å². The van der Waals surface area contributed by atoms with Gasteiger partial charge in [0.2, 0.25) is 5.91 Å². The molecule has 6 nitrogen and oxygen atoms in total. The van der Waals surface area contributed by atoms with Gasteiger partial charge >= 0.3 is 0 Å². The Morgan fingerprint density at radius 3 is 2.38 bits per heavy atom. The first-order valence-corrected chi connectivity index (χ1v) is 8.26. The van der Waals surface area contributed by atoms with Crippen LogP contribution in [0.3, 0.4) is 0 Å². The highest BCUT2D eigenvalue weighted by Crippen LogP contribution is 2.25. The van der Waals surface area contributed by atoms with Gasteiger partial charge in [-0.05, 0) is 19.9 Å². The summed E-state index contributed by atoms with van der Waals surface area (Å²) in [5.74, 6) is 1.48. The third kappa shape index (κ3) is 5.11. The maximum absolute atomic E-state index is 12.6. The van der Waals surface area contributed by atoms with E-state index in [2.05, 4.69) is 4.90 Å². The normalized spacial score (nSPS) is 16.1. The van der Waals surface area contributed by atoms with Gasteiger partial charge in [-0.3, -0.25) is 9.69 Å². The summed E-state index contributed by atoms with van der Waals surface area (Å²) in [6.07, 6.45) is 0.318. The summed E-state index contributed by atoms with van der Waals surface area (Å²) in [5, 5.41) is 9.89. The summed E-state index contributed by atoms with van der Waals surface area (Å²) in [5.41, 5.74) is 0.157. The summed E-state index contributed by atoms with van der Waals surface area (Å²) in [4.78, 5) is 16.6. The second kappa shape index (κ2) is 7.85. The van der Waals surface area contributed by atoms with E-state index in [1.165, 1.54) is 0 Å². The van der Waals surface area contributed by atoms with Gasteiger partial charge in [-0.2, -0.15) is 0 Å². The van der Waals surface area contributed by atoms with E-state index in [-0.39, 0.29) is 5.91 Å². The molecule has 0 aromatic heterocycles. The lowest BCUT2D eigenvalue weighted by Gasteiger charge is -2.37. The topological polar surface area (TPSA) is 62.2 Å². The summed E-state index contributed by atoms with van der Waals surface area (Å²) >= 11 is 0. The number of ether oxygens (including phenoxy) is 2. The van der Waals surface area contributed by atoms with Crippen molar-refractivity contribution < 1.29 is 19.4 Å². The van der Waals surface area contributed by atoms with Crippen LogP contribution in [-0.4, -0.2) is 73.4 Å². The molecule has 1 fully saturated rings. The minimum Gasteiger partial charge on any atom is -0.497 e. The number of benzene rings is 1. The molecule has 134 valence electrons. The number of rotatable bonds is 6. The number of hydrogen-bond donors (Lipinski definition) is 1.